The minimum atomic E-state index is -0.325. The van der Waals surface area contributed by atoms with Crippen molar-refractivity contribution in [3.8, 4) is 0 Å². The number of carbonyl (C=O) groups excluding carboxylic acids is 1. The van der Waals surface area contributed by atoms with Crippen LogP contribution in [0.15, 0.2) is 36.4 Å². The van der Waals surface area contributed by atoms with E-state index in [1.807, 2.05) is 4.90 Å². The fraction of sp³-hybridized carbons (Fsp3) is 0.381. The minimum Gasteiger partial charge on any atom is -0.342 e. The average molecular weight is 356 g/mol. The molecular weight excluding hydrogens is 334 g/mol. The van der Waals surface area contributed by atoms with E-state index in [0.717, 1.165) is 41.2 Å². The van der Waals surface area contributed by atoms with E-state index in [0.29, 0.717) is 25.4 Å². The zero-order valence-electron chi connectivity index (χ0n) is 14.8. The van der Waals surface area contributed by atoms with E-state index in [2.05, 4.69) is 11.5 Å². The lowest BCUT2D eigenvalue weighted by Gasteiger charge is -2.31. The first kappa shape index (κ1) is 17.0. The number of amides is 1. The van der Waals surface area contributed by atoms with Gasteiger partial charge in [-0.3, -0.25) is 4.79 Å². The highest BCUT2D eigenvalue weighted by atomic mass is 19.1. The van der Waals surface area contributed by atoms with E-state index in [-0.39, 0.29) is 17.5 Å². The summed E-state index contributed by atoms with van der Waals surface area (Å²) in [6, 6.07) is 9.29. The van der Waals surface area contributed by atoms with Crippen molar-refractivity contribution in [1.29, 1.82) is 0 Å². The van der Waals surface area contributed by atoms with E-state index in [1.165, 1.54) is 24.3 Å². The smallest absolute Gasteiger partial charge is 0.222 e. The SMILES string of the molecule is CC1CCC(=O)N(CCCn2c3ccc(F)cc3c3cc(F)ccc32)C1. The maximum Gasteiger partial charge on any atom is 0.222 e. The fourth-order valence-electron chi connectivity index (χ4n) is 4.02. The van der Waals surface area contributed by atoms with Crippen LogP contribution in [0, 0.1) is 17.6 Å². The van der Waals surface area contributed by atoms with Crippen molar-refractivity contribution in [2.45, 2.75) is 32.7 Å². The molecule has 0 bridgehead atoms. The number of piperidine rings is 1. The summed E-state index contributed by atoms with van der Waals surface area (Å²) in [5.74, 6) is 0.128. The van der Waals surface area contributed by atoms with Crippen molar-refractivity contribution in [2.24, 2.45) is 5.92 Å². The molecule has 0 radical (unpaired) electrons. The Hall–Kier alpha value is -2.43. The normalized spacial score (nSPS) is 18.2. The number of benzene rings is 2. The van der Waals surface area contributed by atoms with E-state index >= 15 is 0 Å². The zero-order valence-corrected chi connectivity index (χ0v) is 14.8. The number of aromatic nitrogens is 1. The summed E-state index contributed by atoms with van der Waals surface area (Å²) in [5.41, 5.74) is 1.79. The fourth-order valence-corrected chi connectivity index (χ4v) is 4.02. The second kappa shape index (κ2) is 6.71. The summed E-state index contributed by atoms with van der Waals surface area (Å²) in [5, 5.41) is 1.45. The van der Waals surface area contributed by atoms with Crippen molar-refractivity contribution < 1.29 is 13.6 Å². The van der Waals surface area contributed by atoms with E-state index in [9.17, 15) is 13.6 Å². The Bertz CT molecular complexity index is 920. The van der Waals surface area contributed by atoms with Gasteiger partial charge in [-0.05, 0) is 55.2 Å². The lowest BCUT2D eigenvalue weighted by Crippen LogP contribution is -2.39. The molecule has 0 spiro atoms. The maximum absolute atomic E-state index is 13.7. The second-order valence-electron chi connectivity index (χ2n) is 7.31. The predicted octanol–water partition coefficient (Wildman–Crippen LogP) is 4.72. The topological polar surface area (TPSA) is 25.2 Å². The summed E-state index contributed by atoms with van der Waals surface area (Å²) in [7, 11) is 0. The van der Waals surface area contributed by atoms with Crippen molar-refractivity contribution >= 4 is 27.7 Å². The van der Waals surface area contributed by atoms with Crippen LogP contribution in [0.25, 0.3) is 21.8 Å². The summed E-state index contributed by atoms with van der Waals surface area (Å²) < 4.78 is 29.5. The molecule has 1 aromatic heterocycles. The van der Waals surface area contributed by atoms with Crippen LogP contribution in [-0.4, -0.2) is 28.5 Å². The van der Waals surface area contributed by atoms with E-state index in [4.69, 9.17) is 0 Å². The molecule has 0 aliphatic carbocycles. The molecule has 1 unspecified atom stereocenters. The summed E-state index contributed by atoms with van der Waals surface area (Å²) in [6.45, 7) is 4.42. The van der Waals surface area contributed by atoms with Gasteiger partial charge in [0.2, 0.25) is 5.91 Å². The number of likely N-dealkylation sites (tertiary alicyclic amines) is 1. The standard InChI is InChI=1S/C21H22F2N2O/c1-14-3-8-21(26)24(13-14)9-2-10-25-19-6-4-15(22)11-17(19)18-12-16(23)5-7-20(18)25/h4-7,11-12,14H,2-3,8-10,13H2,1H3. The third-order valence-corrected chi connectivity index (χ3v) is 5.33. The zero-order chi connectivity index (χ0) is 18.3. The molecule has 1 amide bonds. The van der Waals surface area contributed by atoms with Gasteiger partial charge in [-0.2, -0.15) is 0 Å². The Morgan fingerprint density at radius 3 is 2.23 bits per heavy atom. The van der Waals surface area contributed by atoms with Crippen molar-refractivity contribution in [1.82, 2.24) is 9.47 Å². The molecule has 1 saturated heterocycles. The number of fused-ring (bicyclic) bond motifs is 3. The van der Waals surface area contributed by atoms with E-state index < -0.39 is 0 Å². The van der Waals surface area contributed by atoms with Gasteiger partial charge in [0.1, 0.15) is 11.6 Å². The number of aryl methyl sites for hydroxylation is 1. The third kappa shape index (κ3) is 3.06. The average Bonchev–Trinajstić information content (AvgIpc) is 2.90. The van der Waals surface area contributed by atoms with E-state index in [1.54, 1.807) is 12.1 Å². The number of nitrogens with zero attached hydrogens (tertiary/aromatic N) is 2. The predicted molar refractivity (Wildman–Crippen MR) is 99.0 cm³/mol. The van der Waals surface area contributed by atoms with Crippen LogP contribution >= 0.6 is 0 Å². The van der Waals surface area contributed by atoms with Gasteiger partial charge in [0.05, 0.1) is 0 Å². The summed E-state index contributed by atoms with van der Waals surface area (Å²) in [4.78, 5) is 14.0. The maximum atomic E-state index is 13.7. The number of hydrogen-bond donors (Lipinski definition) is 0. The van der Waals surface area contributed by atoms with Crippen molar-refractivity contribution in [3.05, 3.63) is 48.0 Å². The van der Waals surface area contributed by atoms with Crippen LogP contribution in [0.1, 0.15) is 26.2 Å². The number of carbonyl (C=O) groups is 1. The molecule has 2 heterocycles. The van der Waals surface area contributed by atoms with Crippen LogP contribution in [0.2, 0.25) is 0 Å². The number of hydrogen-bond acceptors (Lipinski definition) is 1. The Kier molecular flexibility index (Phi) is 4.39. The number of rotatable bonds is 4. The highest BCUT2D eigenvalue weighted by molar-refractivity contribution is 6.08. The Morgan fingerprint density at radius 2 is 1.62 bits per heavy atom. The summed E-state index contributed by atoms with van der Waals surface area (Å²) >= 11 is 0. The van der Waals surface area contributed by atoms with Gasteiger partial charge < -0.3 is 9.47 Å². The second-order valence-corrected chi connectivity index (χ2v) is 7.31. The molecule has 5 heteroatoms. The molecule has 1 atom stereocenters. The van der Waals surface area contributed by atoms with Gasteiger partial charge in [-0.25, -0.2) is 8.78 Å². The number of halogens is 2. The molecule has 4 rings (SSSR count). The molecule has 1 aliphatic heterocycles. The molecule has 3 nitrogen and oxygen atoms in total. The van der Waals surface area contributed by atoms with Gasteiger partial charge in [0.15, 0.2) is 0 Å². The first-order valence-corrected chi connectivity index (χ1v) is 9.18. The molecule has 1 fully saturated rings. The highest BCUT2D eigenvalue weighted by Crippen LogP contribution is 2.30. The molecule has 0 saturated carbocycles. The molecule has 1 aliphatic rings. The van der Waals surface area contributed by atoms with Crippen LogP contribution in [-0.2, 0) is 11.3 Å². The molecule has 3 aromatic rings. The van der Waals surface area contributed by atoms with Gasteiger partial charge in [0, 0.05) is 47.9 Å². The Morgan fingerprint density at radius 1 is 1.00 bits per heavy atom. The highest BCUT2D eigenvalue weighted by Gasteiger charge is 2.22. The van der Waals surface area contributed by atoms with Gasteiger partial charge in [0.25, 0.3) is 0 Å². The van der Waals surface area contributed by atoms with Crippen molar-refractivity contribution in [2.75, 3.05) is 13.1 Å². The molecule has 0 N–H and O–H groups in total. The van der Waals surface area contributed by atoms with Crippen molar-refractivity contribution in [3.63, 3.8) is 0 Å². The first-order chi connectivity index (χ1) is 12.5. The van der Waals surface area contributed by atoms with Crippen LogP contribution in [0.3, 0.4) is 0 Å². The summed E-state index contributed by atoms with van der Waals surface area (Å²) in [6.07, 6.45) is 2.42. The monoisotopic (exact) mass is 356 g/mol. The Labute approximate surface area is 151 Å². The van der Waals surface area contributed by atoms with Crippen LogP contribution < -0.4 is 0 Å². The van der Waals surface area contributed by atoms with Gasteiger partial charge >= 0.3 is 0 Å². The van der Waals surface area contributed by atoms with Crippen LogP contribution in [0.4, 0.5) is 8.78 Å². The van der Waals surface area contributed by atoms with Gasteiger partial charge in [-0.1, -0.05) is 6.92 Å². The Balaban J connectivity index is 1.62. The lowest BCUT2D eigenvalue weighted by atomic mass is 9.99. The minimum absolute atomic E-state index is 0.231. The molecule has 136 valence electrons. The molecule has 2 aromatic carbocycles. The van der Waals surface area contributed by atoms with Gasteiger partial charge in [-0.15, -0.1) is 0 Å². The quantitative estimate of drug-likeness (QED) is 0.664. The third-order valence-electron chi connectivity index (χ3n) is 5.33. The molecular formula is C21H22F2N2O. The lowest BCUT2D eigenvalue weighted by molar-refractivity contribution is -0.134. The van der Waals surface area contributed by atoms with Crippen LogP contribution in [0.5, 0.6) is 0 Å². The largest absolute Gasteiger partial charge is 0.342 e. The molecule has 26 heavy (non-hydrogen) atoms. The first-order valence-electron chi connectivity index (χ1n) is 9.18.